The third-order valence-corrected chi connectivity index (χ3v) is 4.45. The fraction of sp³-hybridized carbons (Fsp3) is 0.350. The number of hydrogen-bond acceptors (Lipinski definition) is 3. The van der Waals surface area contributed by atoms with E-state index in [0.29, 0.717) is 17.3 Å². The second kappa shape index (κ2) is 7.15. The van der Waals surface area contributed by atoms with Crippen molar-refractivity contribution in [2.24, 2.45) is 11.0 Å². The average molecular weight is 351 g/mol. The monoisotopic (exact) mass is 351 g/mol. The van der Waals surface area contributed by atoms with Crippen molar-refractivity contribution >= 4 is 17.8 Å². The Morgan fingerprint density at radius 2 is 2.08 bits per heavy atom. The molecule has 1 amide bonds. The Balaban J connectivity index is 1.78. The number of nitrogens with zero attached hydrogens (tertiary/aromatic N) is 4. The minimum atomic E-state index is -0.270. The Labute approximate surface area is 153 Å². The number of fused-ring (bicyclic) bond motifs is 1. The lowest BCUT2D eigenvalue weighted by Gasteiger charge is -2.11. The first-order valence-corrected chi connectivity index (χ1v) is 8.82. The molecule has 0 aliphatic heterocycles. The van der Waals surface area contributed by atoms with Crippen molar-refractivity contribution in [3.8, 4) is 0 Å². The molecule has 26 heavy (non-hydrogen) atoms. The minimum absolute atomic E-state index is 0.270. The maximum Gasteiger partial charge on any atom is 0.290 e. The Morgan fingerprint density at radius 1 is 1.31 bits per heavy atom. The number of rotatable bonds is 5. The summed E-state index contributed by atoms with van der Waals surface area (Å²) in [5.74, 6) is 0.302. The van der Waals surface area contributed by atoms with Gasteiger partial charge in [0.1, 0.15) is 11.3 Å². The molecular formula is C20H25N5O. The smallest absolute Gasteiger partial charge is 0.290 e. The van der Waals surface area contributed by atoms with E-state index in [1.165, 1.54) is 5.69 Å². The van der Waals surface area contributed by atoms with Gasteiger partial charge in [0.15, 0.2) is 0 Å². The number of aryl methyl sites for hydroxylation is 2. The van der Waals surface area contributed by atoms with Crippen molar-refractivity contribution in [2.45, 2.75) is 41.2 Å². The summed E-state index contributed by atoms with van der Waals surface area (Å²) < 4.78 is 4.05. The topological polar surface area (TPSA) is 63.7 Å². The van der Waals surface area contributed by atoms with Gasteiger partial charge in [-0.15, -0.1) is 0 Å². The van der Waals surface area contributed by atoms with Crippen LogP contribution in [0.5, 0.6) is 0 Å². The summed E-state index contributed by atoms with van der Waals surface area (Å²) in [4.78, 5) is 16.9. The number of hydrogen-bond donors (Lipinski definition) is 1. The third kappa shape index (κ3) is 3.40. The molecule has 6 nitrogen and oxygen atoms in total. The number of pyridine rings is 1. The van der Waals surface area contributed by atoms with Gasteiger partial charge in [0.2, 0.25) is 0 Å². The van der Waals surface area contributed by atoms with Crippen molar-refractivity contribution in [1.29, 1.82) is 0 Å². The largest absolute Gasteiger partial charge is 0.348 e. The fourth-order valence-electron chi connectivity index (χ4n) is 3.20. The molecule has 3 rings (SSSR count). The molecule has 0 fully saturated rings. The van der Waals surface area contributed by atoms with Crippen molar-refractivity contribution in [2.75, 3.05) is 0 Å². The molecule has 0 aliphatic carbocycles. The van der Waals surface area contributed by atoms with Crippen molar-refractivity contribution in [3.05, 3.63) is 58.8 Å². The highest BCUT2D eigenvalue weighted by molar-refractivity contribution is 5.95. The summed E-state index contributed by atoms with van der Waals surface area (Å²) in [6.07, 6.45) is 3.53. The number of carbonyl (C=O) groups is 1. The van der Waals surface area contributed by atoms with Crippen LogP contribution >= 0.6 is 0 Å². The number of hydrazone groups is 1. The Morgan fingerprint density at radius 3 is 2.81 bits per heavy atom. The van der Waals surface area contributed by atoms with Gasteiger partial charge in [0, 0.05) is 29.7 Å². The number of carbonyl (C=O) groups excluding carboxylic acids is 1. The summed E-state index contributed by atoms with van der Waals surface area (Å²) >= 11 is 0. The second-order valence-electron chi connectivity index (χ2n) is 7.00. The van der Waals surface area contributed by atoms with Crippen LogP contribution in [0.4, 0.5) is 0 Å². The van der Waals surface area contributed by atoms with E-state index in [0.717, 1.165) is 23.4 Å². The molecule has 0 spiro atoms. The summed E-state index contributed by atoms with van der Waals surface area (Å²) in [6, 6.07) is 7.73. The highest BCUT2D eigenvalue weighted by atomic mass is 16.2. The first-order valence-electron chi connectivity index (χ1n) is 8.82. The van der Waals surface area contributed by atoms with Gasteiger partial charge in [0.05, 0.1) is 11.9 Å². The molecule has 0 saturated heterocycles. The molecule has 0 atom stereocenters. The molecule has 3 aromatic rings. The van der Waals surface area contributed by atoms with E-state index in [-0.39, 0.29) is 5.91 Å². The molecule has 0 aliphatic rings. The van der Waals surface area contributed by atoms with Gasteiger partial charge in [-0.3, -0.25) is 9.20 Å². The van der Waals surface area contributed by atoms with Gasteiger partial charge in [-0.05, 0) is 44.9 Å². The highest BCUT2D eigenvalue weighted by Crippen LogP contribution is 2.15. The maximum atomic E-state index is 12.5. The van der Waals surface area contributed by atoms with Crippen molar-refractivity contribution < 1.29 is 4.79 Å². The molecular weight excluding hydrogens is 326 g/mol. The summed E-state index contributed by atoms with van der Waals surface area (Å²) in [7, 11) is 0. The lowest BCUT2D eigenvalue weighted by atomic mass is 10.2. The van der Waals surface area contributed by atoms with E-state index >= 15 is 0 Å². The zero-order valence-corrected chi connectivity index (χ0v) is 15.9. The number of aromatic nitrogens is 3. The van der Waals surface area contributed by atoms with E-state index in [2.05, 4.69) is 53.8 Å². The summed E-state index contributed by atoms with van der Waals surface area (Å²) in [6.45, 7) is 11.4. The molecule has 0 aromatic carbocycles. The predicted molar refractivity (Wildman–Crippen MR) is 104 cm³/mol. The van der Waals surface area contributed by atoms with Crippen LogP contribution in [0.1, 0.15) is 47.0 Å². The van der Waals surface area contributed by atoms with Gasteiger partial charge in [-0.1, -0.05) is 19.9 Å². The van der Waals surface area contributed by atoms with Crippen LogP contribution in [0.3, 0.4) is 0 Å². The summed E-state index contributed by atoms with van der Waals surface area (Å²) in [5, 5.41) is 4.16. The van der Waals surface area contributed by atoms with Crippen LogP contribution in [0.2, 0.25) is 0 Å². The van der Waals surface area contributed by atoms with Crippen molar-refractivity contribution in [3.63, 3.8) is 0 Å². The maximum absolute atomic E-state index is 12.5. The van der Waals surface area contributed by atoms with Gasteiger partial charge < -0.3 is 4.57 Å². The van der Waals surface area contributed by atoms with Crippen LogP contribution in [0.25, 0.3) is 5.65 Å². The first kappa shape index (κ1) is 17.9. The van der Waals surface area contributed by atoms with Crippen LogP contribution in [-0.4, -0.2) is 26.1 Å². The standard InChI is InChI=1S/C20H25N5O/c1-13(2)12-25-14(3)10-17(16(25)5)11-21-23-20(26)19-15(4)22-18-8-6-7-9-24(18)19/h6-11,13H,12H2,1-5H3,(H,23,26)/b21-11-. The third-order valence-electron chi connectivity index (χ3n) is 4.45. The Kier molecular flexibility index (Phi) is 4.93. The molecule has 136 valence electrons. The zero-order valence-electron chi connectivity index (χ0n) is 15.9. The number of imidazole rings is 1. The van der Waals surface area contributed by atoms with Gasteiger partial charge in [-0.25, -0.2) is 10.4 Å². The normalized spacial score (nSPS) is 11.8. The van der Waals surface area contributed by atoms with Gasteiger partial charge in [-0.2, -0.15) is 5.10 Å². The highest BCUT2D eigenvalue weighted by Gasteiger charge is 2.15. The second-order valence-corrected chi connectivity index (χ2v) is 7.00. The Bertz CT molecular complexity index is 978. The number of amides is 1. The van der Waals surface area contributed by atoms with Crippen LogP contribution in [-0.2, 0) is 6.54 Å². The first-order chi connectivity index (χ1) is 12.4. The molecule has 1 N–H and O–H groups in total. The van der Waals surface area contributed by atoms with Crippen molar-refractivity contribution in [1.82, 2.24) is 19.4 Å². The lowest BCUT2D eigenvalue weighted by molar-refractivity contribution is 0.0948. The molecule has 0 saturated carbocycles. The van der Waals surface area contributed by atoms with Gasteiger partial charge in [0.25, 0.3) is 5.91 Å². The van der Waals surface area contributed by atoms with Crippen LogP contribution in [0.15, 0.2) is 35.6 Å². The SMILES string of the molecule is Cc1nc2ccccn2c1C(=O)N/N=C\c1cc(C)n(CC(C)C)c1C. The van der Waals surface area contributed by atoms with E-state index in [4.69, 9.17) is 0 Å². The summed E-state index contributed by atoms with van der Waals surface area (Å²) in [5.41, 5.74) is 7.91. The minimum Gasteiger partial charge on any atom is -0.348 e. The predicted octanol–water partition coefficient (Wildman–Crippen LogP) is 3.48. The van der Waals surface area contributed by atoms with E-state index in [9.17, 15) is 4.79 Å². The molecule has 6 heteroatoms. The zero-order chi connectivity index (χ0) is 18.8. The molecule has 0 unspecified atom stereocenters. The van der Waals surface area contributed by atoms with E-state index in [1.807, 2.05) is 31.3 Å². The molecule has 3 aromatic heterocycles. The number of nitrogens with one attached hydrogen (secondary N) is 1. The van der Waals surface area contributed by atoms with Gasteiger partial charge >= 0.3 is 0 Å². The molecule has 3 heterocycles. The Hall–Kier alpha value is -2.89. The van der Waals surface area contributed by atoms with E-state index < -0.39 is 0 Å². The van der Waals surface area contributed by atoms with Crippen LogP contribution in [0, 0.1) is 26.7 Å². The average Bonchev–Trinajstić information content (AvgIpc) is 3.05. The molecule has 0 radical (unpaired) electrons. The van der Waals surface area contributed by atoms with Crippen LogP contribution < -0.4 is 5.43 Å². The molecule has 0 bridgehead atoms. The van der Waals surface area contributed by atoms with E-state index in [1.54, 1.807) is 10.6 Å². The lowest BCUT2D eigenvalue weighted by Crippen LogP contribution is -2.20. The quantitative estimate of drug-likeness (QED) is 0.565. The fourth-order valence-corrected chi connectivity index (χ4v) is 3.20.